The normalized spacial score (nSPS) is 12.0. The van der Waals surface area contributed by atoms with Crippen molar-refractivity contribution in [3.8, 4) is 28.6 Å². The molecule has 46 heavy (non-hydrogen) atoms. The van der Waals surface area contributed by atoms with Crippen molar-refractivity contribution in [3.05, 3.63) is 144 Å². The Labute approximate surface area is 263 Å². The van der Waals surface area contributed by atoms with E-state index in [2.05, 4.69) is 64.6 Å². The largest absolute Gasteiger partial charge is 0.417 e. The van der Waals surface area contributed by atoms with Gasteiger partial charge in [0, 0.05) is 27.1 Å². The number of hydrogen-bond acceptors (Lipinski definition) is 1. The fraction of sp³-hybridized carbons (Fsp3) is 0.0750. The minimum Gasteiger partial charge on any atom is -0.307 e. The van der Waals surface area contributed by atoms with Crippen molar-refractivity contribution >= 4 is 43.6 Å². The van der Waals surface area contributed by atoms with E-state index in [1.807, 2.05) is 49.4 Å². The van der Waals surface area contributed by atoms with Crippen molar-refractivity contribution in [2.75, 3.05) is 0 Å². The van der Waals surface area contributed by atoms with Gasteiger partial charge in [0.05, 0.1) is 50.6 Å². The molecule has 2 heterocycles. The highest BCUT2D eigenvalue weighted by Gasteiger charge is 2.34. The Morgan fingerprint density at radius 2 is 1.00 bits per heavy atom. The van der Waals surface area contributed by atoms with E-state index in [4.69, 9.17) is 0 Å². The first-order valence-corrected chi connectivity index (χ1v) is 15.0. The summed E-state index contributed by atoms with van der Waals surface area (Å²) >= 11 is 0. The number of hydrogen-bond donors (Lipinski definition) is 0. The molecule has 0 aliphatic rings. The summed E-state index contributed by atoms with van der Waals surface area (Å²) in [6, 6.07) is 39.9. The maximum atomic E-state index is 14.4. The van der Waals surface area contributed by atoms with Gasteiger partial charge in [-0.1, -0.05) is 77.9 Å². The van der Waals surface area contributed by atoms with Crippen LogP contribution in [0.1, 0.15) is 22.3 Å². The molecule has 0 spiro atoms. The van der Waals surface area contributed by atoms with E-state index in [1.165, 1.54) is 12.1 Å². The predicted molar refractivity (Wildman–Crippen MR) is 180 cm³/mol. The van der Waals surface area contributed by atoms with Gasteiger partial charge < -0.3 is 9.13 Å². The number of rotatable bonds is 3. The van der Waals surface area contributed by atoms with Crippen LogP contribution in [0.2, 0.25) is 0 Å². The maximum Gasteiger partial charge on any atom is 0.417 e. The second-order valence-corrected chi connectivity index (χ2v) is 11.8. The standard InChI is InChI=1S/C40H26F3N3/c1-24-15-17-36-31(19-24)28-10-4-7-13-34(28)45(36)38-21-26(23-44)30(27-9-3-6-12-33(27)40(41,42)43)22-39(38)46-35-14-8-5-11-29(35)32-20-25(2)16-18-37(32)46/h3-22H,1-2H3. The summed E-state index contributed by atoms with van der Waals surface area (Å²) in [7, 11) is 0. The van der Waals surface area contributed by atoms with E-state index in [0.717, 1.165) is 60.8 Å². The summed E-state index contributed by atoms with van der Waals surface area (Å²) in [4.78, 5) is 0. The van der Waals surface area contributed by atoms with Crippen LogP contribution in [-0.4, -0.2) is 9.13 Å². The third-order valence-electron chi connectivity index (χ3n) is 8.90. The van der Waals surface area contributed by atoms with Gasteiger partial charge >= 0.3 is 6.18 Å². The number of para-hydroxylation sites is 2. The van der Waals surface area contributed by atoms with Gasteiger partial charge in [0.25, 0.3) is 0 Å². The highest BCUT2D eigenvalue weighted by Crippen LogP contribution is 2.43. The smallest absolute Gasteiger partial charge is 0.307 e. The number of fused-ring (bicyclic) bond motifs is 6. The average molecular weight is 606 g/mol. The van der Waals surface area contributed by atoms with Crippen molar-refractivity contribution in [1.82, 2.24) is 9.13 Å². The zero-order valence-electron chi connectivity index (χ0n) is 25.0. The van der Waals surface area contributed by atoms with Crippen molar-refractivity contribution < 1.29 is 13.2 Å². The Bertz CT molecular complexity index is 2560. The molecule has 0 aliphatic carbocycles. The second-order valence-electron chi connectivity index (χ2n) is 11.8. The molecule has 0 bridgehead atoms. The zero-order chi connectivity index (χ0) is 31.7. The molecule has 222 valence electrons. The third kappa shape index (κ3) is 4.13. The summed E-state index contributed by atoms with van der Waals surface area (Å²) in [6.45, 7) is 4.10. The van der Waals surface area contributed by atoms with Gasteiger partial charge in [0.2, 0.25) is 0 Å². The number of alkyl halides is 3. The molecular formula is C40H26F3N3. The monoisotopic (exact) mass is 605 g/mol. The third-order valence-corrected chi connectivity index (χ3v) is 8.90. The van der Waals surface area contributed by atoms with Gasteiger partial charge in [-0.05, 0) is 74.0 Å². The van der Waals surface area contributed by atoms with Gasteiger partial charge in [0.15, 0.2) is 0 Å². The van der Waals surface area contributed by atoms with Crippen molar-refractivity contribution in [2.24, 2.45) is 0 Å². The first kappa shape index (κ1) is 27.7. The van der Waals surface area contributed by atoms with Crippen LogP contribution in [0.25, 0.3) is 66.1 Å². The molecule has 3 nitrogen and oxygen atoms in total. The van der Waals surface area contributed by atoms with Crippen LogP contribution in [0.4, 0.5) is 13.2 Å². The fourth-order valence-electron chi connectivity index (χ4n) is 6.91. The van der Waals surface area contributed by atoms with Crippen LogP contribution in [-0.2, 0) is 6.18 Å². The molecule has 0 saturated carbocycles. The molecule has 8 aromatic rings. The number of nitriles is 1. The van der Waals surface area contributed by atoms with Gasteiger partial charge in [-0.25, -0.2) is 0 Å². The van der Waals surface area contributed by atoms with Gasteiger partial charge in [-0.15, -0.1) is 0 Å². The Morgan fingerprint density at radius 3 is 1.54 bits per heavy atom. The van der Waals surface area contributed by atoms with Gasteiger partial charge in [-0.3, -0.25) is 0 Å². The maximum absolute atomic E-state index is 14.4. The van der Waals surface area contributed by atoms with Gasteiger partial charge in [-0.2, -0.15) is 18.4 Å². The molecule has 0 atom stereocenters. The van der Waals surface area contributed by atoms with Crippen LogP contribution in [0.5, 0.6) is 0 Å². The highest BCUT2D eigenvalue weighted by atomic mass is 19.4. The van der Waals surface area contributed by atoms with Crippen molar-refractivity contribution in [3.63, 3.8) is 0 Å². The van der Waals surface area contributed by atoms with Crippen LogP contribution >= 0.6 is 0 Å². The highest BCUT2D eigenvalue weighted by molar-refractivity contribution is 6.12. The zero-order valence-corrected chi connectivity index (χ0v) is 25.0. The van der Waals surface area contributed by atoms with Crippen LogP contribution in [0.3, 0.4) is 0 Å². The lowest BCUT2D eigenvalue weighted by atomic mass is 9.94. The first-order valence-electron chi connectivity index (χ1n) is 15.0. The van der Waals surface area contributed by atoms with Crippen LogP contribution < -0.4 is 0 Å². The summed E-state index contributed by atoms with van der Waals surface area (Å²) in [6.07, 6.45) is -4.60. The number of aromatic nitrogens is 2. The lowest BCUT2D eigenvalue weighted by Gasteiger charge is -2.21. The Balaban J connectivity index is 1.59. The van der Waals surface area contributed by atoms with E-state index in [-0.39, 0.29) is 16.7 Å². The number of benzene rings is 6. The minimum atomic E-state index is -4.60. The average Bonchev–Trinajstić information content (AvgIpc) is 3.56. The van der Waals surface area contributed by atoms with E-state index >= 15 is 0 Å². The first-order chi connectivity index (χ1) is 22.2. The van der Waals surface area contributed by atoms with Gasteiger partial charge in [0.1, 0.15) is 0 Å². The molecule has 6 heteroatoms. The predicted octanol–water partition coefficient (Wildman–Crippen LogP) is 11.1. The van der Waals surface area contributed by atoms with E-state index in [1.54, 1.807) is 18.2 Å². The van der Waals surface area contributed by atoms with E-state index in [9.17, 15) is 18.4 Å². The van der Waals surface area contributed by atoms with Crippen LogP contribution in [0, 0.1) is 25.2 Å². The Hall–Kier alpha value is -5.80. The molecule has 0 aliphatic heterocycles. The Morgan fingerprint density at radius 1 is 0.522 bits per heavy atom. The van der Waals surface area contributed by atoms with Crippen molar-refractivity contribution in [1.29, 1.82) is 5.26 Å². The second kappa shape index (κ2) is 10.1. The summed E-state index contributed by atoms with van der Waals surface area (Å²) in [5.74, 6) is 0. The molecule has 0 N–H and O–H groups in total. The molecule has 0 unspecified atom stereocenters. The number of nitrogens with zero attached hydrogens (tertiary/aromatic N) is 3. The molecule has 0 radical (unpaired) electrons. The molecule has 0 fully saturated rings. The molecule has 0 saturated heterocycles. The number of halogens is 3. The van der Waals surface area contributed by atoms with Crippen LogP contribution in [0.15, 0.2) is 121 Å². The molecule has 0 amide bonds. The number of aryl methyl sites for hydroxylation is 2. The quantitative estimate of drug-likeness (QED) is 0.197. The lowest BCUT2D eigenvalue weighted by molar-refractivity contribution is -0.137. The SMILES string of the molecule is Cc1ccc2c(c1)c1ccccc1n2-c1cc(C#N)c(-c2ccccc2C(F)(F)F)cc1-n1c2ccccc2c2cc(C)ccc21. The summed E-state index contributed by atoms with van der Waals surface area (Å²) < 4.78 is 47.4. The van der Waals surface area contributed by atoms with Crippen molar-refractivity contribution in [2.45, 2.75) is 20.0 Å². The summed E-state index contributed by atoms with van der Waals surface area (Å²) in [5, 5.41) is 14.7. The lowest BCUT2D eigenvalue weighted by Crippen LogP contribution is -2.09. The minimum absolute atomic E-state index is 0.0335. The topological polar surface area (TPSA) is 33.6 Å². The molecule has 8 rings (SSSR count). The molecule has 2 aromatic heterocycles. The fourth-order valence-corrected chi connectivity index (χ4v) is 6.91. The molecular weight excluding hydrogens is 579 g/mol. The summed E-state index contributed by atoms with van der Waals surface area (Å²) in [5.41, 5.74) is 6.87. The molecule has 6 aromatic carbocycles. The Kier molecular flexibility index (Phi) is 6.10. The van der Waals surface area contributed by atoms with E-state index in [0.29, 0.717) is 11.4 Å². The van der Waals surface area contributed by atoms with E-state index < -0.39 is 11.7 Å².